The summed E-state index contributed by atoms with van der Waals surface area (Å²) in [5, 5.41) is 5.74. The lowest BCUT2D eigenvalue weighted by molar-refractivity contribution is -0.132. The molecule has 2 N–H and O–H groups in total. The Labute approximate surface area is 193 Å². The van der Waals surface area contributed by atoms with E-state index in [4.69, 9.17) is 0 Å². The molecule has 0 atom stereocenters. The standard InChI is InChI=1S/C25H29N3O3S/c1-17-6-7-18(2)21(16-17)32-20-10-8-19(9-11-20)26-22(29)12-15-28-23(30)25(27-24(28)31)13-4-3-5-14-25/h6-11,16H,3-5,12-15H2,1-2H3,(H,26,29)(H,27,31). The van der Waals surface area contributed by atoms with Crippen molar-refractivity contribution in [1.29, 1.82) is 0 Å². The molecule has 0 aromatic heterocycles. The fourth-order valence-electron chi connectivity index (χ4n) is 4.36. The Hall–Kier alpha value is -2.80. The van der Waals surface area contributed by atoms with Crippen LogP contribution in [0.2, 0.25) is 0 Å². The van der Waals surface area contributed by atoms with E-state index >= 15 is 0 Å². The van der Waals surface area contributed by atoms with Gasteiger partial charge in [0.05, 0.1) is 0 Å². The normalized spacial score (nSPS) is 17.5. The van der Waals surface area contributed by atoms with Crippen LogP contribution < -0.4 is 10.6 Å². The summed E-state index contributed by atoms with van der Waals surface area (Å²) in [6, 6.07) is 13.7. The lowest BCUT2D eigenvalue weighted by Crippen LogP contribution is -2.48. The molecule has 168 valence electrons. The molecule has 1 saturated heterocycles. The van der Waals surface area contributed by atoms with E-state index < -0.39 is 5.54 Å². The molecule has 7 heteroatoms. The molecule has 4 amide bonds. The molecule has 32 heavy (non-hydrogen) atoms. The summed E-state index contributed by atoms with van der Waals surface area (Å²) in [6.07, 6.45) is 4.43. The van der Waals surface area contributed by atoms with Crippen LogP contribution in [-0.2, 0) is 9.59 Å². The maximum absolute atomic E-state index is 12.8. The van der Waals surface area contributed by atoms with Crippen molar-refractivity contribution < 1.29 is 14.4 Å². The van der Waals surface area contributed by atoms with Gasteiger partial charge in [-0.2, -0.15) is 0 Å². The molecular formula is C25H29N3O3S. The van der Waals surface area contributed by atoms with Crippen LogP contribution in [0.3, 0.4) is 0 Å². The van der Waals surface area contributed by atoms with Gasteiger partial charge in [-0.05, 0) is 68.1 Å². The second-order valence-corrected chi connectivity index (χ2v) is 9.84. The fourth-order valence-corrected chi connectivity index (χ4v) is 5.36. The summed E-state index contributed by atoms with van der Waals surface area (Å²) in [5.41, 5.74) is 2.41. The fraction of sp³-hybridized carbons (Fsp3) is 0.400. The number of nitrogens with zero attached hydrogens (tertiary/aromatic N) is 1. The molecule has 2 aromatic rings. The van der Waals surface area contributed by atoms with Gasteiger partial charge in [-0.3, -0.25) is 14.5 Å². The quantitative estimate of drug-likeness (QED) is 0.603. The van der Waals surface area contributed by atoms with Crippen LogP contribution in [0, 0.1) is 13.8 Å². The zero-order valence-corrected chi connectivity index (χ0v) is 19.4. The minimum Gasteiger partial charge on any atom is -0.326 e. The second-order valence-electron chi connectivity index (χ2n) is 8.72. The van der Waals surface area contributed by atoms with Gasteiger partial charge in [0.15, 0.2) is 0 Å². The van der Waals surface area contributed by atoms with Gasteiger partial charge in [-0.25, -0.2) is 4.79 Å². The van der Waals surface area contributed by atoms with E-state index in [0.717, 1.165) is 24.2 Å². The summed E-state index contributed by atoms with van der Waals surface area (Å²) in [4.78, 5) is 41.1. The molecule has 1 aliphatic heterocycles. The van der Waals surface area contributed by atoms with Gasteiger partial charge >= 0.3 is 6.03 Å². The molecule has 0 bridgehead atoms. The zero-order valence-electron chi connectivity index (χ0n) is 18.6. The largest absolute Gasteiger partial charge is 0.326 e. The number of carbonyl (C=O) groups excluding carboxylic acids is 3. The topological polar surface area (TPSA) is 78.5 Å². The zero-order chi connectivity index (χ0) is 22.7. The van der Waals surface area contributed by atoms with E-state index in [-0.39, 0.29) is 30.8 Å². The predicted molar refractivity (Wildman–Crippen MR) is 126 cm³/mol. The lowest BCUT2D eigenvalue weighted by atomic mass is 9.82. The van der Waals surface area contributed by atoms with Crippen LogP contribution >= 0.6 is 11.8 Å². The number of hydrogen-bond acceptors (Lipinski definition) is 4. The summed E-state index contributed by atoms with van der Waals surface area (Å²) in [7, 11) is 0. The molecule has 0 unspecified atom stereocenters. The van der Waals surface area contributed by atoms with E-state index in [2.05, 4.69) is 42.7 Å². The maximum Gasteiger partial charge on any atom is 0.325 e. The highest BCUT2D eigenvalue weighted by Crippen LogP contribution is 2.34. The molecule has 1 heterocycles. The van der Waals surface area contributed by atoms with E-state index in [1.54, 1.807) is 11.8 Å². The molecule has 4 rings (SSSR count). The Bertz CT molecular complexity index is 1030. The molecule has 1 spiro atoms. The van der Waals surface area contributed by atoms with Crippen molar-refractivity contribution in [2.24, 2.45) is 0 Å². The number of urea groups is 1. The number of hydrogen-bond donors (Lipinski definition) is 2. The number of benzene rings is 2. The Morgan fingerprint density at radius 3 is 2.50 bits per heavy atom. The van der Waals surface area contributed by atoms with Gasteiger partial charge in [0, 0.05) is 28.4 Å². The van der Waals surface area contributed by atoms with Gasteiger partial charge in [0.25, 0.3) is 5.91 Å². The molecule has 1 saturated carbocycles. The van der Waals surface area contributed by atoms with Crippen LogP contribution in [0.25, 0.3) is 0 Å². The summed E-state index contributed by atoms with van der Waals surface area (Å²) in [6.45, 7) is 4.27. The first kappa shape index (κ1) is 22.4. The molecular weight excluding hydrogens is 422 g/mol. The average molecular weight is 452 g/mol. The van der Waals surface area contributed by atoms with Gasteiger partial charge in [0.2, 0.25) is 5.91 Å². The smallest absolute Gasteiger partial charge is 0.325 e. The Morgan fingerprint density at radius 1 is 1.06 bits per heavy atom. The molecule has 0 radical (unpaired) electrons. The number of imide groups is 1. The highest BCUT2D eigenvalue weighted by molar-refractivity contribution is 7.99. The Balaban J connectivity index is 1.30. The number of anilines is 1. The van der Waals surface area contributed by atoms with E-state index in [1.165, 1.54) is 20.9 Å². The van der Waals surface area contributed by atoms with Gasteiger partial charge in [0.1, 0.15) is 5.54 Å². The first-order valence-electron chi connectivity index (χ1n) is 11.2. The van der Waals surface area contributed by atoms with Gasteiger partial charge < -0.3 is 10.6 Å². The summed E-state index contributed by atoms with van der Waals surface area (Å²) >= 11 is 1.69. The third kappa shape index (κ3) is 4.83. The van der Waals surface area contributed by atoms with Crippen LogP contribution in [0.15, 0.2) is 52.3 Å². The monoisotopic (exact) mass is 451 g/mol. The van der Waals surface area contributed by atoms with Crippen molar-refractivity contribution in [3.8, 4) is 0 Å². The first-order valence-corrected chi connectivity index (χ1v) is 12.0. The third-order valence-electron chi connectivity index (χ3n) is 6.23. The SMILES string of the molecule is Cc1ccc(C)c(Sc2ccc(NC(=O)CCN3C(=O)NC4(CCCCC4)C3=O)cc2)c1. The number of aryl methyl sites for hydroxylation is 2. The average Bonchev–Trinajstić information content (AvgIpc) is 3.00. The van der Waals surface area contributed by atoms with E-state index in [1.807, 2.05) is 24.3 Å². The molecule has 2 aromatic carbocycles. The highest BCUT2D eigenvalue weighted by atomic mass is 32.2. The predicted octanol–water partition coefficient (Wildman–Crippen LogP) is 5.04. The van der Waals surface area contributed by atoms with Crippen molar-refractivity contribution >= 4 is 35.3 Å². The van der Waals surface area contributed by atoms with Crippen molar-refractivity contribution in [3.05, 3.63) is 53.6 Å². The number of nitrogens with one attached hydrogen (secondary N) is 2. The Morgan fingerprint density at radius 2 is 1.78 bits per heavy atom. The number of rotatable bonds is 6. The van der Waals surface area contributed by atoms with Gasteiger partial charge in [-0.15, -0.1) is 0 Å². The molecule has 6 nitrogen and oxygen atoms in total. The maximum atomic E-state index is 12.8. The van der Waals surface area contributed by atoms with Crippen molar-refractivity contribution in [1.82, 2.24) is 10.2 Å². The van der Waals surface area contributed by atoms with Crippen LogP contribution in [0.4, 0.5) is 10.5 Å². The summed E-state index contributed by atoms with van der Waals surface area (Å²) in [5.74, 6) is -0.395. The minimum atomic E-state index is -0.741. The van der Waals surface area contributed by atoms with E-state index in [9.17, 15) is 14.4 Å². The third-order valence-corrected chi connectivity index (χ3v) is 7.39. The highest BCUT2D eigenvalue weighted by Gasteiger charge is 2.51. The lowest BCUT2D eigenvalue weighted by Gasteiger charge is -2.30. The van der Waals surface area contributed by atoms with E-state index in [0.29, 0.717) is 18.5 Å². The van der Waals surface area contributed by atoms with Crippen LogP contribution in [0.1, 0.15) is 49.7 Å². The number of amides is 4. The second kappa shape index (κ2) is 9.36. The van der Waals surface area contributed by atoms with Crippen molar-refractivity contribution in [2.75, 3.05) is 11.9 Å². The summed E-state index contributed by atoms with van der Waals surface area (Å²) < 4.78 is 0. The van der Waals surface area contributed by atoms with Crippen LogP contribution in [0.5, 0.6) is 0 Å². The molecule has 2 fully saturated rings. The molecule has 2 aliphatic rings. The van der Waals surface area contributed by atoms with Crippen molar-refractivity contribution in [3.63, 3.8) is 0 Å². The minimum absolute atomic E-state index is 0.0776. The molecule has 1 aliphatic carbocycles. The Kier molecular flexibility index (Phi) is 6.55. The van der Waals surface area contributed by atoms with Crippen LogP contribution in [-0.4, -0.2) is 34.8 Å². The van der Waals surface area contributed by atoms with Crippen molar-refractivity contribution in [2.45, 2.75) is 67.7 Å². The first-order chi connectivity index (χ1) is 15.4. The van der Waals surface area contributed by atoms with Gasteiger partial charge in [-0.1, -0.05) is 43.2 Å². The number of carbonyl (C=O) groups is 3.